The minimum atomic E-state index is 0.0853. The molecule has 2 unspecified atom stereocenters. The molecule has 1 saturated carbocycles. The molecule has 0 bridgehead atoms. The van der Waals surface area contributed by atoms with Crippen LogP contribution in [0.5, 0.6) is 5.75 Å². The Morgan fingerprint density at radius 1 is 1.39 bits per heavy atom. The highest BCUT2D eigenvalue weighted by Gasteiger charge is 2.29. The van der Waals surface area contributed by atoms with Crippen LogP contribution in [0.3, 0.4) is 0 Å². The molecule has 0 aromatic heterocycles. The van der Waals surface area contributed by atoms with Gasteiger partial charge < -0.3 is 15.7 Å². The zero-order chi connectivity index (χ0) is 13.1. The molecule has 1 aliphatic carbocycles. The van der Waals surface area contributed by atoms with E-state index < -0.39 is 0 Å². The van der Waals surface area contributed by atoms with Crippen molar-refractivity contribution in [1.82, 2.24) is 4.90 Å². The summed E-state index contributed by atoms with van der Waals surface area (Å²) in [6.07, 6.45) is 2.65. The largest absolute Gasteiger partial charge is 0.508 e. The number of phenols is 1. The van der Waals surface area contributed by atoms with Crippen molar-refractivity contribution >= 4 is 5.91 Å². The van der Waals surface area contributed by atoms with Crippen LogP contribution in [0.15, 0.2) is 24.3 Å². The predicted octanol–water partition coefficient (Wildman–Crippen LogP) is 1.48. The normalized spacial score (nSPS) is 23.0. The average Bonchev–Trinajstić information content (AvgIpc) is 2.78. The summed E-state index contributed by atoms with van der Waals surface area (Å²) in [5.41, 5.74) is 6.85. The molecule has 0 aliphatic heterocycles. The molecule has 3 N–H and O–H groups in total. The second-order valence-electron chi connectivity index (χ2n) is 5.13. The topological polar surface area (TPSA) is 66.6 Å². The quantitative estimate of drug-likeness (QED) is 0.851. The lowest BCUT2D eigenvalue weighted by molar-refractivity contribution is -0.134. The Morgan fingerprint density at radius 3 is 2.61 bits per heavy atom. The molecule has 1 amide bonds. The molecule has 0 saturated heterocycles. The molecular formula is C14H20N2O2. The van der Waals surface area contributed by atoms with Crippen molar-refractivity contribution < 1.29 is 9.90 Å². The maximum atomic E-state index is 12.2. The van der Waals surface area contributed by atoms with Gasteiger partial charge in [-0.2, -0.15) is 0 Å². The van der Waals surface area contributed by atoms with Crippen LogP contribution in [-0.2, 0) is 11.3 Å². The summed E-state index contributed by atoms with van der Waals surface area (Å²) in [6.45, 7) is 0.574. The van der Waals surface area contributed by atoms with Crippen LogP contribution in [0.25, 0.3) is 0 Å². The van der Waals surface area contributed by atoms with Crippen LogP contribution in [0.2, 0.25) is 0 Å². The van der Waals surface area contributed by atoms with Crippen LogP contribution in [0, 0.1) is 5.92 Å². The van der Waals surface area contributed by atoms with Crippen molar-refractivity contribution in [2.45, 2.75) is 31.8 Å². The number of carbonyl (C=O) groups excluding carboxylic acids is 1. The minimum Gasteiger partial charge on any atom is -0.508 e. The third-order valence-corrected chi connectivity index (χ3v) is 3.55. The van der Waals surface area contributed by atoms with Gasteiger partial charge in [-0.15, -0.1) is 0 Å². The Morgan fingerprint density at radius 2 is 2.06 bits per heavy atom. The molecule has 1 aromatic carbocycles. The molecule has 4 nitrogen and oxygen atoms in total. The van der Waals surface area contributed by atoms with Crippen molar-refractivity contribution in [3.8, 4) is 5.75 Å². The Balaban J connectivity index is 1.93. The van der Waals surface area contributed by atoms with Crippen molar-refractivity contribution in [2.24, 2.45) is 11.7 Å². The van der Waals surface area contributed by atoms with Crippen molar-refractivity contribution in [3.63, 3.8) is 0 Å². The standard InChI is InChI=1S/C14H20N2O2/c1-16(9-10-2-6-13(17)7-3-10)14(18)11-4-5-12(15)8-11/h2-3,6-7,11-12,17H,4-5,8-9,15H2,1H3. The Bertz CT molecular complexity index is 416. The van der Waals surface area contributed by atoms with Crippen LogP contribution < -0.4 is 5.73 Å². The lowest BCUT2D eigenvalue weighted by atomic mass is 10.1. The van der Waals surface area contributed by atoms with E-state index >= 15 is 0 Å². The van der Waals surface area contributed by atoms with Gasteiger partial charge in [0.2, 0.25) is 5.91 Å². The van der Waals surface area contributed by atoms with Crippen molar-refractivity contribution in [1.29, 1.82) is 0 Å². The van der Waals surface area contributed by atoms with E-state index in [9.17, 15) is 9.90 Å². The van der Waals surface area contributed by atoms with Gasteiger partial charge in [0.25, 0.3) is 0 Å². The van der Waals surface area contributed by atoms with Gasteiger partial charge in [-0.1, -0.05) is 12.1 Å². The number of aromatic hydroxyl groups is 1. The van der Waals surface area contributed by atoms with E-state index in [0.717, 1.165) is 24.8 Å². The highest BCUT2D eigenvalue weighted by atomic mass is 16.3. The lowest BCUT2D eigenvalue weighted by Gasteiger charge is -2.21. The van der Waals surface area contributed by atoms with Gasteiger partial charge >= 0.3 is 0 Å². The number of phenolic OH excluding ortho intramolecular Hbond substituents is 1. The van der Waals surface area contributed by atoms with E-state index in [1.54, 1.807) is 17.0 Å². The second-order valence-corrected chi connectivity index (χ2v) is 5.13. The zero-order valence-corrected chi connectivity index (χ0v) is 10.7. The smallest absolute Gasteiger partial charge is 0.225 e. The lowest BCUT2D eigenvalue weighted by Crippen LogP contribution is -2.32. The van der Waals surface area contributed by atoms with Crippen LogP contribution >= 0.6 is 0 Å². The van der Waals surface area contributed by atoms with Gasteiger partial charge in [-0.05, 0) is 37.0 Å². The van der Waals surface area contributed by atoms with Crippen LogP contribution in [0.1, 0.15) is 24.8 Å². The molecule has 4 heteroatoms. The Labute approximate surface area is 107 Å². The highest BCUT2D eigenvalue weighted by Crippen LogP contribution is 2.26. The first-order valence-corrected chi connectivity index (χ1v) is 6.34. The first-order valence-electron chi connectivity index (χ1n) is 6.34. The summed E-state index contributed by atoms with van der Waals surface area (Å²) in [5, 5.41) is 9.21. The van der Waals surface area contributed by atoms with E-state index in [2.05, 4.69) is 0 Å². The first kappa shape index (κ1) is 12.9. The van der Waals surface area contributed by atoms with Gasteiger partial charge in [0.15, 0.2) is 0 Å². The van der Waals surface area contributed by atoms with Gasteiger partial charge in [-0.25, -0.2) is 0 Å². The summed E-state index contributed by atoms with van der Waals surface area (Å²) in [5.74, 6) is 0.507. The SMILES string of the molecule is CN(Cc1ccc(O)cc1)C(=O)C1CCC(N)C1. The fraction of sp³-hybridized carbons (Fsp3) is 0.500. The van der Waals surface area contributed by atoms with E-state index in [4.69, 9.17) is 5.73 Å². The number of amides is 1. The van der Waals surface area contributed by atoms with Crippen LogP contribution in [0.4, 0.5) is 0 Å². The summed E-state index contributed by atoms with van der Waals surface area (Å²) in [6, 6.07) is 7.12. The molecule has 1 fully saturated rings. The first-order chi connectivity index (χ1) is 8.56. The van der Waals surface area contributed by atoms with Gasteiger partial charge in [0, 0.05) is 25.6 Å². The molecule has 18 heavy (non-hydrogen) atoms. The summed E-state index contributed by atoms with van der Waals surface area (Å²) >= 11 is 0. The van der Waals surface area contributed by atoms with Crippen molar-refractivity contribution in [3.05, 3.63) is 29.8 Å². The third kappa shape index (κ3) is 3.01. The fourth-order valence-corrected chi connectivity index (χ4v) is 2.51. The molecule has 98 valence electrons. The summed E-state index contributed by atoms with van der Waals surface area (Å²) in [7, 11) is 1.82. The monoisotopic (exact) mass is 248 g/mol. The van der Waals surface area contributed by atoms with Gasteiger partial charge in [-0.3, -0.25) is 4.79 Å². The third-order valence-electron chi connectivity index (χ3n) is 3.55. The summed E-state index contributed by atoms with van der Waals surface area (Å²) < 4.78 is 0. The maximum Gasteiger partial charge on any atom is 0.225 e. The van der Waals surface area contributed by atoms with E-state index in [0.29, 0.717) is 6.54 Å². The van der Waals surface area contributed by atoms with Crippen LogP contribution in [-0.4, -0.2) is 29.0 Å². The number of carbonyl (C=O) groups is 1. The summed E-state index contributed by atoms with van der Waals surface area (Å²) in [4.78, 5) is 13.9. The number of hydrogen-bond donors (Lipinski definition) is 2. The van der Waals surface area contributed by atoms with Gasteiger partial charge in [0.1, 0.15) is 5.75 Å². The molecule has 1 aliphatic rings. The molecule has 0 spiro atoms. The average molecular weight is 248 g/mol. The Hall–Kier alpha value is -1.55. The number of nitrogens with zero attached hydrogens (tertiary/aromatic N) is 1. The van der Waals surface area contributed by atoms with E-state index in [1.807, 2.05) is 19.2 Å². The molecule has 0 radical (unpaired) electrons. The molecule has 2 atom stereocenters. The second kappa shape index (κ2) is 5.40. The number of rotatable bonds is 3. The van der Waals surface area contributed by atoms with Gasteiger partial charge in [0.05, 0.1) is 0 Å². The predicted molar refractivity (Wildman–Crippen MR) is 69.9 cm³/mol. The number of nitrogens with two attached hydrogens (primary N) is 1. The Kier molecular flexibility index (Phi) is 3.87. The number of benzene rings is 1. The highest BCUT2D eigenvalue weighted by molar-refractivity contribution is 5.79. The van der Waals surface area contributed by atoms with Crippen molar-refractivity contribution in [2.75, 3.05) is 7.05 Å². The van der Waals surface area contributed by atoms with E-state index in [-0.39, 0.29) is 23.6 Å². The van der Waals surface area contributed by atoms with E-state index in [1.165, 1.54) is 0 Å². The molecular weight excluding hydrogens is 228 g/mol. The fourth-order valence-electron chi connectivity index (χ4n) is 2.51. The molecule has 1 aromatic rings. The minimum absolute atomic E-state index is 0.0853. The molecule has 2 rings (SSSR count). The zero-order valence-electron chi connectivity index (χ0n) is 10.7. The maximum absolute atomic E-state index is 12.2. The number of hydrogen-bond acceptors (Lipinski definition) is 3. The molecule has 0 heterocycles.